The van der Waals surface area contributed by atoms with E-state index in [9.17, 15) is 4.79 Å². The number of hydrogen-bond acceptors (Lipinski definition) is 3. The number of ether oxygens (including phenoxy) is 1. The van der Waals surface area contributed by atoms with Crippen molar-refractivity contribution < 1.29 is 9.53 Å². The molecule has 1 aromatic rings. The minimum absolute atomic E-state index is 0.0311. The van der Waals surface area contributed by atoms with Crippen molar-refractivity contribution >= 4 is 5.91 Å². The average molecular weight is 264 g/mol. The molecule has 1 unspecified atom stereocenters. The van der Waals surface area contributed by atoms with Crippen molar-refractivity contribution in [1.82, 2.24) is 5.32 Å². The van der Waals surface area contributed by atoms with Crippen LogP contribution in [0.15, 0.2) is 24.3 Å². The van der Waals surface area contributed by atoms with Crippen molar-refractivity contribution in [2.45, 2.75) is 33.7 Å². The van der Waals surface area contributed by atoms with E-state index in [0.29, 0.717) is 13.2 Å². The number of amides is 1. The van der Waals surface area contributed by atoms with Gasteiger partial charge in [-0.1, -0.05) is 12.1 Å². The molecule has 4 heteroatoms. The molecule has 106 valence electrons. The highest BCUT2D eigenvalue weighted by atomic mass is 16.5. The summed E-state index contributed by atoms with van der Waals surface area (Å²) >= 11 is 0. The Morgan fingerprint density at radius 3 is 2.42 bits per heavy atom. The Morgan fingerprint density at radius 2 is 1.95 bits per heavy atom. The van der Waals surface area contributed by atoms with Gasteiger partial charge in [-0.05, 0) is 45.4 Å². The zero-order valence-electron chi connectivity index (χ0n) is 12.2. The standard InChI is InChI=1S/C15H24N2O2/c1-5-19-13-8-6-12(7-9-13)11(2)17-14(18)15(3,4)10-16/h6-9,11H,5,10,16H2,1-4H3,(H,17,18). The van der Waals surface area contributed by atoms with Gasteiger partial charge in [0.05, 0.1) is 18.1 Å². The molecule has 0 bridgehead atoms. The topological polar surface area (TPSA) is 64.3 Å². The zero-order chi connectivity index (χ0) is 14.5. The van der Waals surface area contributed by atoms with E-state index < -0.39 is 5.41 Å². The van der Waals surface area contributed by atoms with Crippen LogP contribution >= 0.6 is 0 Å². The molecule has 1 atom stereocenters. The number of nitrogens with two attached hydrogens (primary N) is 1. The van der Waals surface area contributed by atoms with Gasteiger partial charge in [0.1, 0.15) is 5.75 Å². The van der Waals surface area contributed by atoms with Crippen LogP contribution in [0.25, 0.3) is 0 Å². The van der Waals surface area contributed by atoms with E-state index in [1.807, 2.05) is 52.0 Å². The van der Waals surface area contributed by atoms with Crippen LogP contribution in [-0.2, 0) is 4.79 Å². The van der Waals surface area contributed by atoms with Gasteiger partial charge in [0, 0.05) is 6.54 Å². The highest BCUT2D eigenvalue weighted by Gasteiger charge is 2.26. The molecule has 0 aliphatic heterocycles. The SMILES string of the molecule is CCOc1ccc(C(C)NC(=O)C(C)(C)CN)cc1. The van der Waals surface area contributed by atoms with Gasteiger partial charge in [-0.2, -0.15) is 0 Å². The molecule has 0 aromatic heterocycles. The van der Waals surface area contributed by atoms with Gasteiger partial charge in [-0.15, -0.1) is 0 Å². The van der Waals surface area contributed by atoms with Crippen molar-refractivity contribution in [2.24, 2.45) is 11.1 Å². The lowest BCUT2D eigenvalue weighted by atomic mass is 9.92. The first-order valence-corrected chi connectivity index (χ1v) is 6.64. The molecule has 0 heterocycles. The first kappa shape index (κ1) is 15.5. The molecule has 0 aliphatic rings. The summed E-state index contributed by atoms with van der Waals surface area (Å²) in [6.45, 7) is 8.57. The molecule has 0 fully saturated rings. The summed E-state index contributed by atoms with van der Waals surface area (Å²) in [6.07, 6.45) is 0. The first-order chi connectivity index (χ1) is 8.90. The van der Waals surface area contributed by atoms with Gasteiger partial charge in [-0.25, -0.2) is 0 Å². The van der Waals surface area contributed by atoms with E-state index in [4.69, 9.17) is 10.5 Å². The van der Waals surface area contributed by atoms with Crippen molar-refractivity contribution in [3.8, 4) is 5.75 Å². The molecule has 0 aliphatic carbocycles. The molecule has 1 rings (SSSR count). The van der Waals surface area contributed by atoms with Crippen LogP contribution in [0, 0.1) is 5.41 Å². The lowest BCUT2D eigenvalue weighted by Gasteiger charge is -2.24. The third-order valence-electron chi connectivity index (χ3n) is 3.16. The largest absolute Gasteiger partial charge is 0.494 e. The number of carbonyl (C=O) groups is 1. The number of nitrogens with one attached hydrogen (secondary N) is 1. The van der Waals surface area contributed by atoms with Crippen molar-refractivity contribution in [3.63, 3.8) is 0 Å². The third-order valence-corrected chi connectivity index (χ3v) is 3.16. The van der Waals surface area contributed by atoms with E-state index >= 15 is 0 Å². The van der Waals surface area contributed by atoms with Crippen LogP contribution < -0.4 is 15.8 Å². The van der Waals surface area contributed by atoms with E-state index in [1.165, 1.54) is 0 Å². The average Bonchev–Trinajstić information content (AvgIpc) is 2.39. The van der Waals surface area contributed by atoms with Crippen LogP contribution in [0.5, 0.6) is 5.75 Å². The zero-order valence-corrected chi connectivity index (χ0v) is 12.2. The Bertz CT molecular complexity index is 413. The minimum Gasteiger partial charge on any atom is -0.494 e. The van der Waals surface area contributed by atoms with Gasteiger partial charge < -0.3 is 15.8 Å². The van der Waals surface area contributed by atoms with E-state index in [2.05, 4.69) is 5.32 Å². The molecule has 0 radical (unpaired) electrons. The van der Waals surface area contributed by atoms with Gasteiger partial charge >= 0.3 is 0 Å². The van der Waals surface area contributed by atoms with Crippen molar-refractivity contribution in [3.05, 3.63) is 29.8 Å². The Morgan fingerprint density at radius 1 is 1.37 bits per heavy atom. The summed E-state index contributed by atoms with van der Waals surface area (Å²) in [5, 5.41) is 2.98. The lowest BCUT2D eigenvalue weighted by Crippen LogP contribution is -2.42. The van der Waals surface area contributed by atoms with Crippen LogP contribution in [0.3, 0.4) is 0 Å². The number of benzene rings is 1. The summed E-state index contributed by atoms with van der Waals surface area (Å²) in [5.74, 6) is 0.809. The summed E-state index contributed by atoms with van der Waals surface area (Å²) in [6, 6.07) is 7.70. The molecule has 0 spiro atoms. The molecule has 1 aromatic carbocycles. The Balaban J connectivity index is 2.68. The maximum Gasteiger partial charge on any atom is 0.227 e. The Kier molecular flexibility index (Phi) is 5.36. The maximum atomic E-state index is 12.0. The van der Waals surface area contributed by atoms with Crippen LogP contribution in [0.4, 0.5) is 0 Å². The summed E-state index contributed by atoms with van der Waals surface area (Å²) in [4.78, 5) is 12.0. The van der Waals surface area contributed by atoms with Gasteiger partial charge in [0.25, 0.3) is 0 Å². The predicted octanol–water partition coefficient (Wildman–Crippen LogP) is 2.25. The Labute approximate surface area is 115 Å². The summed E-state index contributed by atoms with van der Waals surface area (Å²) in [5.41, 5.74) is 6.10. The number of carbonyl (C=O) groups excluding carboxylic acids is 1. The van der Waals surface area contributed by atoms with Crippen LogP contribution in [-0.4, -0.2) is 19.1 Å². The second-order valence-electron chi connectivity index (χ2n) is 5.29. The molecule has 3 N–H and O–H groups in total. The molecular weight excluding hydrogens is 240 g/mol. The fourth-order valence-corrected chi connectivity index (χ4v) is 1.59. The second kappa shape index (κ2) is 6.57. The molecule has 1 amide bonds. The van der Waals surface area contributed by atoms with Gasteiger partial charge in [-0.3, -0.25) is 4.79 Å². The molecule has 0 saturated heterocycles. The molecule has 0 saturated carbocycles. The van der Waals surface area contributed by atoms with Gasteiger partial charge in [0.2, 0.25) is 5.91 Å². The predicted molar refractivity (Wildman–Crippen MR) is 77.0 cm³/mol. The second-order valence-corrected chi connectivity index (χ2v) is 5.29. The molecule has 4 nitrogen and oxygen atoms in total. The fourth-order valence-electron chi connectivity index (χ4n) is 1.59. The van der Waals surface area contributed by atoms with E-state index in [0.717, 1.165) is 11.3 Å². The van der Waals surface area contributed by atoms with E-state index in [-0.39, 0.29) is 11.9 Å². The first-order valence-electron chi connectivity index (χ1n) is 6.64. The van der Waals surface area contributed by atoms with Crippen LogP contribution in [0.2, 0.25) is 0 Å². The highest BCUT2D eigenvalue weighted by Crippen LogP contribution is 2.20. The number of rotatable bonds is 6. The molecular formula is C15H24N2O2. The quantitative estimate of drug-likeness (QED) is 0.828. The smallest absolute Gasteiger partial charge is 0.227 e. The monoisotopic (exact) mass is 264 g/mol. The third kappa shape index (κ3) is 4.24. The Hall–Kier alpha value is -1.55. The van der Waals surface area contributed by atoms with Crippen molar-refractivity contribution in [2.75, 3.05) is 13.2 Å². The lowest BCUT2D eigenvalue weighted by molar-refractivity contribution is -0.129. The normalized spacial score (nSPS) is 12.9. The van der Waals surface area contributed by atoms with E-state index in [1.54, 1.807) is 0 Å². The summed E-state index contributed by atoms with van der Waals surface area (Å²) in [7, 11) is 0. The number of hydrogen-bond donors (Lipinski definition) is 2. The minimum atomic E-state index is -0.542. The maximum absolute atomic E-state index is 12.0. The summed E-state index contributed by atoms with van der Waals surface area (Å²) < 4.78 is 5.39. The fraction of sp³-hybridized carbons (Fsp3) is 0.533. The highest BCUT2D eigenvalue weighted by molar-refractivity contribution is 5.82. The van der Waals surface area contributed by atoms with Crippen LogP contribution in [0.1, 0.15) is 39.3 Å². The van der Waals surface area contributed by atoms with Gasteiger partial charge in [0.15, 0.2) is 0 Å². The van der Waals surface area contributed by atoms with Crippen molar-refractivity contribution in [1.29, 1.82) is 0 Å². The molecule has 19 heavy (non-hydrogen) atoms.